The number of halogens is 1. The molecule has 0 radical (unpaired) electrons. The minimum absolute atomic E-state index is 0.234. The first-order valence-electron chi connectivity index (χ1n) is 11.4. The largest absolute Gasteiger partial charge is 0.307 e. The van der Waals surface area contributed by atoms with E-state index in [1.54, 1.807) is 45.8 Å². The Morgan fingerprint density at radius 3 is 0.758 bits per heavy atom. The number of nitrogens with one attached hydrogen (secondary N) is 1. The summed E-state index contributed by atoms with van der Waals surface area (Å²) in [4.78, 5) is 0. The molecule has 204 valence electrons. The summed E-state index contributed by atoms with van der Waals surface area (Å²) in [5.41, 5.74) is -0.356. The Labute approximate surface area is 212 Å². The molecule has 0 fully saturated rings. The van der Waals surface area contributed by atoms with Crippen molar-refractivity contribution in [2.45, 2.75) is 156 Å². The fraction of sp³-hybridized carbons (Fsp3) is 1.00. The summed E-state index contributed by atoms with van der Waals surface area (Å²) < 4.78 is 46.0. The molecule has 33 heavy (non-hydrogen) atoms. The van der Waals surface area contributed by atoms with E-state index in [1.165, 1.54) is 0 Å². The lowest BCUT2D eigenvalue weighted by Gasteiger charge is -2.46. The van der Waals surface area contributed by atoms with Gasteiger partial charge in [0.2, 0.25) is 19.1 Å². The standard InChI is InChI=1S/C12H27NO2S.C8H19N.C4H9ClO2S/c1-10(2,3)13(11(4,5)6)16(14,15)12(7,8)9;1-7(2,3)9-8(4,5)6;1-4(2,3)8(5,6)7/h1-9H3;9H,1-6H3;1-3H3. The molecule has 6 nitrogen and oxygen atoms in total. The van der Waals surface area contributed by atoms with Crippen molar-refractivity contribution in [3.8, 4) is 0 Å². The SMILES string of the molecule is CC(C)(C)N(C(C)(C)C)S(=O)(=O)C(C)(C)C.CC(C)(C)NC(C)(C)C.CC(C)(C)S(=O)(=O)Cl. The molecule has 0 spiro atoms. The molecule has 0 unspecified atom stereocenters. The molecule has 0 rings (SSSR count). The van der Waals surface area contributed by atoms with Crippen LogP contribution in [-0.4, -0.2) is 52.8 Å². The van der Waals surface area contributed by atoms with Gasteiger partial charge in [-0.05, 0) is 125 Å². The smallest absolute Gasteiger partial charge is 0.237 e. The van der Waals surface area contributed by atoms with Gasteiger partial charge in [-0.2, -0.15) is 4.31 Å². The van der Waals surface area contributed by atoms with E-state index in [2.05, 4.69) is 46.9 Å². The van der Waals surface area contributed by atoms with E-state index < -0.39 is 39.6 Å². The Balaban J connectivity index is -0.000000449. The maximum atomic E-state index is 12.6. The average Bonchev–Trinajstić information content (AvgIpc) is 2.25. The average molecular weight is 535 g/mol. The Morgan fingerprint density at radius 1 is 0.515 bits per heavy atom. The Hall–Kier alpha value is 0.110. The van der Waals surface area contributed by atoms with Crippen molar-refractivity contribution in [1.82, 2.24) is 9.62 Å². The fourth-order valence-electron chi connectivity index (χ4n) is 3.13. The molecule has 0 atom stereocenters. The van der Waals surface area contributed by atoms with Crippen LogP contribution in [0.25, 0.3) is 0 Å². The van der Waals surface area contributed by atoms with Crippen molar-refractivity contribution in [2.75, 3.05) is 0 Å². The van der Waals surface area contributed by atoms with Crippen LogP contribution in [-0.2, 0) is 19.1 Å². The second-order valence-corrected chi connectivity index (χ2v) is 20.3. The van der Waals surface area contributed by atoms with Gasteiger partial charge in [-0.1, -0.05) is 0 Å². The Kier molecular flexibility index (Phi) is 13.1. The van der Waals surface area contributed by atoms with Crippen LogP contribution in [0.2, 0.25) is 0 Å². The van der Waals surface area contributed by atoms with Crippen molar-refractivity contribution in [2.24, 2.45) is 0 Å². The number of nitrogens with zero attached hydrogens (tertiary/aromatic N) is 1. The first-order chi connectivity index (χ1) is 13.6. The summed E-state index contributed by atoms with van der Waals surface area (Å²) in [6.45, 7) is 34.5. The van der Waals surface area contributed by atoms with E-state index in [0.717, 1.165) is 0 Å². The Morgan fingerprint density at radius 2 is 0.727 bits per heavy atom. The monoisotopic (exact) mass is 534 g/mol. The molecule has 0 aromatic rings. The molecule has 9 heteroatoms. The molecular formula is C24H55ClN2O4S2. The maximum Gasteiger partial charge on any atom is 0.237 e. The van der Waals surface area contributed by atoms with Crippen LogP contribution >= 0.6 is 10.7 Å². The second kappa shape index (κ2) is 11.4. The van der Waals surface area contributed by atoms with Gasteiger partial charge < -0.3 is 5.32 Å². The zero-order chi connectivity index (χ0) is 28.3. The zero-order valence-electron chi connectivity index (χ0n) is 24.8. The zero-order valence-corrected chi connectivity index (χ0v) is 27.2. The minimum atomic E-state index is -3.37. The van der Waals surface area contributed by atoms with Gasteiger partial charge >= 0.3 is 0 Å². The Bertz CT molecular complexity index is 767. The summed E-state index contributed by atoms with van der Waals surface area (Å²) in [6.07, 6.45) is 0. The third-order valence-corrected chi connectivity index (χ3v) is 9.69. The van der Waals surface area contributed by atoms with Crippen LogP contribution in [0.4, 0.5) is 0 Å². The quantitative estimate of drug-likeness (QED) is 0.386. The second-order valence-electron chi connectivity index (χ2n) is 14.4. The lowest BCUT2D eigenvalue weighted by molar-refractivity contribution is 0.136. The van der Waals surface area contributed by atoms with Crippen molar-refractivity contribution < 1.29 is 16.8 Å². The summed E-state index contributed by atoms with van der Waals surface area (Å²) in [6, 6.07) is 0. The number of sulfonamides is 1. The van der Waals surface area contributed by atoms with E-state index in [4.69, 9.17) is 10.7 Å². The molecule has 0 aromatic carbocycles. The highest BCUT2D eigenvalue weighted by Crippen LogP contribution is 2.34. The molecule has 0 heterocycles. The molecular weight excluding hydrogens is 480 g/mol. The third-order valence-electron chi connectivity index (χ3n) is 3.71. The maximum absolute atomic E-state index is 12.6. The fourth-order valence-corrected chi connectivity index (χ4v) is 5.12. The minimum Gasteiger partial charge on any atom is -0.307 e. The summed E-state index contributed by atoms with van der Waals surface area (Å²) in [7, 11) is -1.71. The van der Waals surface area contributed by atoms with E-state index in [9.17, 15) is 16.8 Å². The van der Waals surface area contributed by atoms with E-state index in [-0.39, 0.29) is 11.1 Å². The predicted octanol–water partition coefficient (Wildman–Crippen LogP) is 6.54. The molecule has 0 aliphatic rings. The van der Waals surface area contributed by atoms with Crippen LogP contribution in [0.15, 0.2) is 0 Å². The van der Waals surface area contributed by atoms with Gasteiger partial charge in [0, 0.05) is 32.8 Å². The highest BCUT2D eigenvalue weighted by atomic mass is 35.7. The van der Waals surface area contributed by atoms with Crippen molar-refractivity contribution in [3.05, 3.63) is 0 Å². The van der Waals surface area contributed by atoms with Crippen molar-refractivity contribution in [1.29, 1.82) is 0 Å². The van der Waals surface area contributed by atoms with E-state index >= 15 is 0 Å². The number of hydrogen-bond donors (Lipinski definition) is 1. The lowest BCUT2D eigenvalue weighted by atomic mass is 10.0. The topological polar surface area (TPSA) is 83.6 Å². The van der Waals surface area contributed by atoms with E-state index in [1.807, 2.05) is 41.5 Å². The highest BCUT2D eigenvalue weighted by molar-refractivity contribution is 8.14. The molecule has 0 aromatic heterocycles. The third kappa shape index (κ3) is 16.4. The molecule has 0 aliphatic heterocycles. The van der Waals surface area contributed by atoms with Crippen LogP contribution in [0.1, 0.15) is 125 Å². The van der Waals surface area contributed by atoms with Gasteiger partial charge in [0.15, 0.2) is 0 Å². The van der Waals surface area contributed by atoms with Crippen LogP contribution < -0.4 is 5.32 Å². The van der Waals surface area contributed by atoms with Gasteiger partial charge in [0.25, 0.3) is 0 Å². The van der Waals surface area contributed by atoms with Crippen molar-refractivity contribution in [3.63, 3.8) is 0 Å². The van der Waals surface area contributed by atoms with Gasteiger partial charge in [0.05, 0.1) is 9.49 Å². The lowest BCUT2D eigenvalue weighted by Crippen LogP contribution is -2.59. The van der Waals surface area contributed by atoms with Crippen LogP contribution in [0.5, 0.6) is 0 Å². The molecule has 0 saturated carbocycles. The molecule has 0 bridgehead atoms. The highest BCUT2D eigenvalue weighted by Gasteiger charge is 2.46. The summed E-state index contributed by atoms with van der Waals surface area (Å²) in [5, 5.41) is 3.46. The normalized spacial score (nSPS) is 14.8. The van der Waals surface area contributed by atoms with Gasteiger partial charge in [-0.25, -0.2) is 16.8 Å². The molecule has 1 N–H and O–H groups in total. The first-order valence-corrected chi connectivity index (χ1v) is 15.1. The number of rotatable bonds is 1. The molecule has 0 amide bonds. The van der Waals surface area contributed by atoms with Crippen LogP contribution in [0.3, 0.4) is 0 Å². The summed E-state index contributed by atoms with van der Waals surface area (Å²) >= 11 is 0. The molecule has 0 aliphatic carbocycles. The van der Waals surface area contributed by atoms with Crippen LogP contribution in [0, 0.1) is 0 Å². The first kappa shape index (κ1) is 37.7. The summed E-state index contributed by atoms with van der Waals surface area (Å²) in [5.74, 6) is 0. The predicted molar refractivity (Wildman–Crippen MR) is 147 cm³/mol. The van der Waals surface area contributed by atoms with Crippen molar-refractivity contribution >= 4 is 29.8 Å². The van der Waals surface area contributed by atoms with Gasteiger partial charge in [-0.3, -0.25) is 0 Å². The number of hydrogen-bond acceptors (Lipinski definition) is 5. The van der Waals surface area contributed by atoms with Gasteiger partial charge in [-0.15, -0.1) is 0 Å². The molecule has 0 saturated heterocycles. The van der Waals surface area contributed by atoms with E-state index in [0.29, 0.717) is 0 Å². The van der Waals surface area contributed by atoms with Gasteiger partial charge in [0.1, 0.15) is 0 Å².